The first kappa shape index (κ1) is 11.6. The highest BCUT2D eigenvalue weighted by molar-refractivity contribution is 6.33. The molecule has 3 nitrogen and oxygen atoms in total. The van der Waals surface area contributed by atoms with Gasteiger partial charge in [0.05, 0.1) is 5.76 Å². The maximum atomic E-state index is 8.69. The molecule has 0 unspecified atom stereocenters. The third-order valence-corrected chi connectivity index (χ3v) is 2.51. The van der Waals surface area contributed by atoms with Crippen LogP contribution in [0.1, 0.15) is 51.4 Å². The first-order chi connectivity index (χ1) is 6.79. The van der Waals surface area contributed by atoms with Crippen molar-refractivity contribution < 1.29 is 14.7 Å². The first-order valence-corrected chi connectivity index (χ1v) is 5.51. The summed E-state index contributed by atoms with van der Waals surface area (Å²) in [5.41, 5.74) is 0. The van der Waals surface area contributed by atoms with E-state index in [0.717, 1.165) is 25.0 Å². The second-order valence-corrected chi connectivity index (χ2v) is 3.77. The van der Waals surface area contributed by atoms with Crippen molar-refractivity contribution in [2.75, 3.05) is 0 Å². The van der Waals surface area contributed by atoms with E-state index in [4.69, 9.17) is 14.7 Å². The molecule has 14 heavy (non-hydrogen) atoms. The fourth-order valence-electron chi connectivity index (χ4n) is 1.76. The van der Waals surface area contributed by atoms with E-state index >= 15 is 0 Å². The molecule has 80 valence electrons. The molecule has 0 spiro atoms. The largest absolute Gasteiger partial charge is 0.707 e. The van der Waals surface area contributed by atoms with Crippen LogP contribution in [0.15, 0.2) is 11.8 Å². The molecule has 0 aromatic rings. The van der Waals surface area contributed by atoms with E-state index < -0.39 is 7.32 Å². The fourth-order valence-corrected chi connectivity index (χ4v) is 1.76. The third kappa shape index (κ3) is 5.30. The molecule has 0 fully saturated rings. The summed E-state index contributed by atoms with van der Waals surface area (Å²) in [6.45, 7) is 0. The average Bonchev–Trinajstić information content (AvgIpc) is 2.15. The minimum atomic E-state index is -1.66. The van der Waals surface area contributed by atoms with Gasteiger partial charge in [0, 0.05) is 6.42 Å². The Kier molecular flexibility index (Phi) is 5.72. The van der Waals surface area contributed by atoms with Crippen molar-refractivity contribution in [1.82, 2.24) is 0 Å². The number of allylic oxidation sites excluding steroid dienone is 2. The van der Waals surface area contributed by atoms with E-state index in [2.05, 4.69) is 0 Å². The predicted molar refractivity (Wildman–Crippen MR) is 56.3 cm³/mol. The van der Waals surface area contributed by atoms with Gasteiger partial charge < -0.3 is 14.7 Å². The zero-order valence-electron chi connectivity index (χ0n) is 8.61. The van der Waals surface area contributed by atoms with Crippen molar-refractivity contribution in [3.8, 4) is 0 Å². The summed E-state index contributed by atoms with van der Waals surface area (Å²) in [7, 11) is -1.66. The molecule has 1 aliphatic carbocycles. The molecule has 0 aromatic heterocycles. The summed E-state index contributed by atoms with van der Waals surface area (Å²) in [5, 5.41) is 17.4. The number of hydrogen-bond donors (Lipinski definition) is 2. The number of rotatable bonds is 2. The summed E-state index contributed by atoms with van der Waals surface area (Å²) in [4.78, 5) is 0. The summed E-state index contributed by atoms with van der Waals surface area (Å²) < 4.78 is 4.90. The molecule has 1 rings (SSSR count). The van der Waals surface area contributed by atoms with Crippen molar-refractivity contribution in [3.05, 3.63) is 11.8 Å². The summed E-state index contributed by atoms with van der Waals surface area (Å²) in [6, 6.07) is 0. The first-order valence-electron chi connectivity index (χ1n) is 5.51. The van der Waals surface area contributed by atoms with Crippen LogP contribution in [0.3, 0.4) is 0 Å². The van der Waals surface area contributed by atoms with Gasteiger partial charge in [0.2, 0.25) is 0 Å². The molecule has 4 heteroatoms. The second-order valence-electron chi connectivity index (χ2n) is 3.77. The smallest absolute Gasteiger partial charge is 0.516 e. The van der Waals surface area contributed by atoms with Gasteiger partial charge in [-0.1, -0.05) is 25.7 Å². The van der Waals surface area contributed by atoms with Gasteiger partial charge in [0.25, 0.3) is 0 Å². The Morgan fingerprint density at radius 1 is 1.00 bits per heavy atom. The molecule has 2 N–H and O–H groups in total. The van der Waals surface area contributed by atoms with Gasteiger partial charge >= 0.3 is 7.32 Å². The van der Waals surface area contributed by atoms with Gasteiger partial charge in [0.1, 0.15) is 0 Å². The van der Waals surface area contributed by atoms with E-state index in [1.807, 2.05) is 6.08 Å². The molecule has 0 saturated carbocycles. The Morgan fingerprint density at radius 3 is 2.36 bits per heavy atom. The summed E-state index contributed by atoms with van der Waals surface area (Å²) >= 11 is 0. The van der Waals surface area contributed by atoms with Crippen LogP contribution in [0.4, 0.5) is 0 Å². The van der Waals surface area contributed by atoms with Crippen molar-refractivity contribution in [3.63, 3.8) is 0 Å². The Hall–Kier alpha value is -0.475. The Labute approximate surface area is 86.0 Å². The molecule has 0 heterocycles. The lowest BCUT2D eigenvalue weighted by molar-refractivity contribution is 0.228. The Bertz CT molecular complexity index is 180. The van der Waals surface area contributed by atoms with Crippen LogP contribution >= 0.6 is 0 Å². The van der Waals surface area contributed by atoms with Gasteiger partial charge in [0.15, 0.2) is 0 Å². The van der Waals surface area contributed by atoms with E-state index in [0.29, 0.717) is 0 Å². The lowest BCUT2D eigenvalue weighted by Gasteiger charge is -2.11. The van der Waals surface area contributed by atoms with Crippen molar-refractivity contribution in [2.45, 2.75) is 51.4 Å². The molecule has 1 aliphatic rings. The lowest BCUT2D eigenvalue weighted by atomic mass is 10.0. The van der Waals surface area contributed by atoms with Crippen LogP contribution < -0.4 is 0 Å². The van der Waals surface area contributed by atoms with Crippen molar-refractivity contribution in [1.29, 1.82) is 0 Å². The van der Waals surface area contributed by atoms with Crippen LogP contribution in [0.2, 0.25) is 0 Å². The molecule has 0 aliphatic heterocycles. The van der Waals surface area contributed by atoms with E-state index in [-0.39, 0.29) is 0 Å². The Balaban J connectivity index is 2.37. The molecular weight excluding hydrogens is 179 g/mol. The zero-order chi connectivity index (χ0) is 10.2. The topological polar surface area (TPSA) is 49.7 Å². The number of hydrogen-bond acceptors (Lipinski definition) is 3. The van der Waals surface area contributed by atoms with E-state index in [1.165, 1.54) is 32.1 Å². The van der Waals surface area contributed by atoms with E-state index in [9.17, 15) is 0 Å². The molecule has 0 saturated heterocycles. The minimum Gasteiger partial charge on any atom is -0.516 e. The lowest BCUT2D eigenvalue weighted by Crippen LogP contribution is -2.16. The highest BCUT2D eigenvalue weighted by Crippen LogP contribution is 2.17. The molecule has 0 radical (unpaired) electrons. The molecular formula is C10H19BO3. The molecule has 0 aromatic carbocycles. The molecule has 0 bridgehead atoms. The van der Waals surface area contributed by atoms with Crippen LogP contribution in [0, 0.1) is 0 Å². The second kappa shape index (κ2) is 6.90. The van der Waals surface area contributed by atoms with Crippen LogP contribution in [-0.2, 0) is 4.65 Å². The van der Waals surface area contributed by atoms with Crippen molar-refractivity contribution >= 4 is 7.32 Å². The van der Waals surface area contributed by atoms with E-state index in [1.54, 1.807) is 0 Å². The zero-order valence-corrected chi connectivity index (χ0v) is 8.61. The van der Waals surface area contributed by atoms with Crippen LogP contribution in [0.5, 0.6) is 0 Å². The van der Waals surface area contributed by atoms with Crippen LogP contribution in [0.25, 0.3) is 0 Å². The third-order valence-electron chi connectivity index (χ3n) is 2.51. The molecule has 0 amide bonds. The summed E-state index contributed by atoms with van der Waals surface area (Å²) in [5.74, 6) is 0.738. The van der Waals surface area contributed by atoms with Crippen molar-refractivity contribution in [2.24, 2.45) is 0 Å². The molecule has 0 atom stereocenters. The quantitative estimate of drug-likeness (QED) is 0.667. The van der Waals surface area contributed by atoms with Gasteiger partial charge in [-0.15, -0.1) is 0 Å². The van der Waals surface area contributed by atoms with Crippen LogP contribution in [-0.4, -0.2) is 17.4 Å². The van der Waals surface area contributed by atoms with Gasteiger partial charge in [-0.3, -0.25) is 0 Å². The van der Waals surface area contributed by atoms with Gasteiger partial charge in [-0.05, 0) is 25.3 Å². The SMILES string of the molecule is OB(O)OC1=CCCCCCCCC1. The standard InChI is InChI=1S/C10H19BO3/c12-11(13)14-10-8-6-4-2-1-3-5-7-9-10/h8,12-13H,1-7,9H2. The average molecular weight is 198 g/mol. The Morgan fingerprint density at radius 2 is 1.64 bits per heavy atom. The minimum absolute atomic E-state index is 0.738. The predicted octanol–water partition coefficient (Wildman–Crippen LogP) is 1.99. The normalized spacial score (nSPS) is 19.7. The van der Waals surface area contributed by atoms with Gasteiger partial charge in [-0.25, -0.2) is 0 Å². The van der Waals surface area contributed by atoms with Gasteiger partial charge in [-0.2, -0.15) is 0 Å². The highest BCUT2D eigenvalue weighted by atomic mass is 16.6. The summed E-state index contributed by atoms with van der Waals surface area (Å²) in [6.07, 6.45) is 11.2. The highest BCUT2D eigenvalue weighted by Gasteiger charge is 2.12. The monoisotopic (exact) mass is 198 g/mol. The fraction of sp³-hybridized carbons (Fsp3) is 0.800. The maximum absolute atomic E-state index is 8.69. The maximum Gasteiger partial charge on any atom is 0.707 e.